The number of hydrogen-bond acceptors (Lipinski definition) is 13. The SMILES string of the molecule is COC(=O)C(O)C[C@@H]1CCCN1C1CCN(c2cnc3c(C)nn([C@H](C)c4ccc(Cl)cc4Cl)c3n2)CC1C.COC(=O)C(O)C[C@@H]1CCCN1C1CCNCC1C. The number of benzene rings is 1. The van der Waals surface area contributed by atoms with E-state index in [2.05, 4.69) is 38.6 Å². The zero-order valence-corrected chi connectivity index (χ0v) is 36.3. The number of aryl methyl sites for hydroxylation is 1. The maximum absolute atomic E-state index is 11.8. The first-order valence-electron chi connectivity index (χ1n) is 21.0. The van der Waals surface area contributed by atoms with Crippen LogP contribution in [0.15, 0.2) is 24.4 Å². The summed E-state index contributed by atoms with van der Waals surface area (Å²) in [5.74, 6) is 0.781. The smallest absolute Gasteiger partial charge is 0.334 e. The topological polar surface area (TPSA) is 158 Å². The number of rotatable bonds is 11. The molecule has 9 atom stereocenters. The van der Waals surface area contributed by atoms with Gasteiger partial charge in [0.2, 0.25) is 0 Å². The van der Waals surface area contributed by atoms with Gasteiger partial charge in [-0.15, -0.1) is 0 Å². The minimum atomic E-state index is -1.07. The van der Waals surface area contributed by atoms with Crippen LogP contribution in [0, 0.1) is 18.8 Å². The van der Waals surface area contributed by atoms with Crippen LogP contribution in [0.2, 0.25) is 10.0 Å². The molecule has 0 radical (unpaired) electrons. The van der Waals surface area contributed by atoms with Crippen molar-refractivity contribution in [1.29, 1.82) is 0 Å². The van der Waals surface area contributed by atoms with Gasteiger partial charge in [0.05, 0.1) is 32.2 Å². The third-order valence-electron chi connectivity index (χ3n) is 12.9. The molecule has 4 fully saturated rings. The minimum absolute atomic E-state index is 0.146. The summed E-state index contributed by atoms with van der Waals surface area (Å²) in [6.07, 6.45) is 7.15. The summed E-state index contributed by atoms with van der Waals surface area (Å²) in [5.41, 5.74) is 3.25. The first-order chi connectivity index (χ1) is 27.8. The van der Waals surface area contributed by atoms with Gasteiger partial charge in [0, 0.05) is 47.3 Å². The van der Waals surface area contributed by atoms with Gasteiger partial charge in [0.1, 0.15) is 11.3 Å². The Balaban J connectivity index is 0.000000250. The maximum Gasteiger partial charge on any atom is 0.334 e. The molecule has 4 aliphatic heterocycles. The fourth-order valence-corrected chi connectivity index (χ4v) is 10.4. The van der Waals surface area contributed by atoms with Crippen LogP contribution in [-0.4, -0.2) is 142 Å². The first kappa shape index (κ1) is 44.4. The quantitative estimate of drug-likeness (QED) is 0.221. The van der Waals surface area contributed by atoms with Crippen molar-refractivity contribution in [3.05, 3.63) is 45.7 Å². The lowest BCUT2D eigenvalue weighted by atomic mass is 9.91. The summed E-state index contributed by atoms with van der Waals surface area (Å²) in [4.78, 5) is 40.3. The van der Waals surface area contributed by atoms with Crippen LogP contribution in [0.25, 0.3) is 11.2 Å². The molecule has 4 aliphatic rings. The Morgan fingerprint density at radius 2 is 1.53 bits per heavy atom. The van der Waals surface area contributed by atoms with Crippen molar-refractivity contribution < 1.29 is 29.3 Å². The molecule has 6 heterocycles. The van der Waals surface area contributed by atoms with Gasteiger partial charge in [0.25, 0.3) is 0 Å². The van der Waals surface area contributed by atoms with E-state index in [4.69, 9.17) is 43.0 Å². The fraction of sp³-hybridized carbons (Fsp3) is 0.690. The highest BCUT2D eigenvalue weighted by molar-refractivity contribution is 6.35. The van der Waals surface area contributed by atoms with Crippen LogP contribution in [-0.2, 0) is 19.1 Å². The van der Waals surface area contributed by atoms with Crippen molar-refractivity contribution in [2.75, 3.05) is 58.4 Å². The fourth-order valence-electron chi connectivity index (χ4n) is 9.84. The predicted octanol–water partition coefficient (Wildman–Crippen LogP) is 5.03. The lowest BCUT2D eigenvalue weighted by Crippen LogP contribution is -2.52. The van der Waals surface area contributed by atoms with Gasteiger partial charge < -0.3 is 29.9 Å². The van der Waals surface area contributed by atoms with E-state index >= 15 is 0 Å². The van der Waals surface area contributed by atoms with Crippen molar-refractivity contribution >= 4 is 52.1 Å². The second-order valence-electron chi connectivity index (χ2n) is 16.7. The van der Waals surface area contributed by atoms with Crippen molar-refractivity contribution in [3.8, 4) is 0 Å². The molecule has 0 amide bonds. The summed E-state index contributed by atoms with van der Waals surface area (Å²) in [6.45, 7) is 14.5. The molecule has 1 aromatic carbocycles. The number of methoxy groups -OCH3 is 2. The number of nitrogens with one attached hydrogen (secondary N) is 1. The van der Waals surface area contributed by atoms with Gasteiger partial charge in [-0.2, -0.15) is 5.10 Å². The Morgan fingerprint density at radius 1 is 0.914 bits per heavy atom. The van der Waals surface area contributed by atoms with Crippen LogP contribution >= 0.6 is 23.2 Å². The van der Waals surface area contributed by atoms with E-state index in [0.29, 0.717) is 52.8 Å². The molecule has 3 N–H and O–H groups in total. The van der Waals surface area contributed by atoms with Gasteiger partial charge in [0.15, 0.2) is 17.9 Å². The molecule has 0 bridgehead atoms. The molecule has 0 aliphatic carbocycles. The molecule has 16 heteroatoms. The van der Waals surface area contributed by atoms with Crippen molar-refractivity contribution in [1.82, 2.24) is 34.9 Å². The minimum Gasteiger partial charge on any atom is -0.467 e. The zero-order valence-electron chi connectivity index (χ0n) is 34.8. The number of halogens is 2. The molecule has 2 aromatic heterocycles. The lowest BCUT2D eigenvalue weighted by Gasteiger charge is -2.44. The molecule has 0 spiro atoms. The third kappa shape index (κ3) is 10.1. The molecule has 3 aromatic rings. The zero-order chi connectivity index (χ0) is 41.7. The molecule has 6 unspecified atom stereocenters. The highest BCUT2D eigenvalue weighted by Crippen LogP contribution is 2.35. The number of aromatic nitrogens is 4. The molecular weight excluding hydrogens is 783 g/mol. The number of aliphatic hydroxyl groups excluding tert-OH is 2. The number of ether oxygens (including phenoxy) is 2. The second-order valence-corrected chi connectivity index (χ2v) is 17.5. The molecule has 320 valence electrons. The number of fused-ring (bicyclic) bond motifs is 1. The van der Waals surface area contributed by atoms with Gasteiger partial charge in [-0.1, -0.05) is 43.1 Å². The van der Waals surface area contributed by atoms with E-state index in [1.54, 1.807) is 6.07 Å². The third-order valence-corrected chi connectivity index (χ3v) is 13.5. The molecule has 7 rings (SSSR count). The van der Waals surface area contributed by atoms with E-state index in [1.165, 1.54) is 14.2 Å². The Kier molecular flexibility index (Phi) is 15.3. The van der Waals surface area contributed by atoms with Crippen molar-refractivity contribution in [3.63, 3.8) is 0 Å². The largest absolute Gasteiger partial charge is 0.467 e. The predicted molar refractivity (Wildman–Crippen MR) is 225 cm³/mol. The number of piperidine rings is 2. The molecular formula is C42H62Cl2N8O6. The van der Waals surface area contributed by atoms with E-state index in [1.807, 2.05) is 36.9 Å². The number of hydrogen-bond donors (Lipinski definition) is 3. The van der Waals surface area contributed by atoms with Crippen LogP contribution in [0.1, 0.15) is 89.4 Å². The molecule has 4 saturated heterocycles. The second kappa shape index (κ2) is 20.0. The van der Waals surface area contributed by atoms with Crippen LogP contribution < -0.4 is 10.2 Å². The highest BCUT2D eigenvalue weighted by atomic mass is 35.5. The number of anilines is 1. The summed E-state index contributed by atoms with van der Waals surface area (Å²) >= 11 is 12.6. The Bertz CT molecular complexity index is 1870. The van der Waals surface area contributed by atoms with Crippen molar-refractivity contribution in [2.45, 2.75) is 121 Å². The van der Waals surface area contributed by atoms with Crippen LogP contribution in [0.5, 0.6) is 0 Å². The monoisotopic (exact) mass is 844 g/mol. The number of nitrogens with zero attached hydrogens (tertiary/aromatic N) is 7. The highest BCUT2D eigenvalue weighted by Gasteiger charge is 2.39. The Hall–Kier alpha value is -3.11. The van der Waals surface area contributed by atoms with E-state index in [0.717, 1.165) is 106 Å². The van der Waals surface area contributed by atoms with Gasteiger partial charge >= 0.3 is 11.9 Å². The van der Waals surface area contributed by atoms with Gasteiger partial charge in [-0.25, -0.2) is 24.2 Å². The number of carbonyl (C=O) groups is 2. The standard InChI is InChI=1S/C28H36Cl2N6O3.C14H26N2O3/c1-16-15-34(11-9-23(16)35-10-5-6-20(35)13-24(37)28(38)39-4)25-14-31-26-17(2)33-36(27(26)32-25)18(3)21-8-7-19(29)12-22(21)30;1-10-9-15-6-5-12(10)16-7-3-4-11(16)8-13(17)14(18)19-2/h7-8,12,14,16,18,20,23-24,37H,5-6,9-11,13,15H2,1-4H3;10-13,15,17H,3-9H2,1-2H3/t16?,18-,20+,23?,24?;10?,11-,12?,13?/m10/s1. The number of carbonyl (C=O) groups excluding carboxylic acids is 2. The first-order valence-corrected chi connectivity index (χ1v) is 21.7. The lowest BCUT2D eigenvalue weighted by molar-refractivity contribution is -0.152. The van der Waals surface area contributed by atoms with E-state index < -0.39 is 24.1 Å². The maximum atomic E-state index is 11.8. The molecule has 0 saturated carbocycles. The normalized spacial score (nSPS) is 27.2. The van der Waals surface area contributed by atoms with Gasteiger partial charge in [-0.3, -0.25) is 9.80 Å². The number of likely N-dealkylation sites (tertiary alicyclic amines) is 2. The molecule has 58 heavy (non-hydrogen) atoms. The van der Waals surface area contributed by atoms with E-state index in [9.17, 15) is 19.8 Å². The molecule has 14 nitrogen and oxygen atoms in total. The number of esters is 2. The number of aliphatic hydroxyl groups is 2. The summed E-state index contributed by atoms with van der Waals surface area (Å²) in [6, 6.07) is 6.84. The van der Waals surface area contributed by atoms with Crippen LogP contribution in [0.4, 0.5) is 5.82 Å². The Labute approximate surface area is 352 Å². The van der Waals surface area contributed by atoms with E-state index in [-0.39, 0.29) is 12.1 Å². The van der Waals surface area contributed by atoms with Gasteiger partial charge in [-0.05, 0) is 121 Å². The Morgan fingerprint density at radius 3 is 2.10 bits per heavy atom. The summed E-state index contributed by atoms with van der Waals surface area (Å²) < 4.78 is 11.2. The summed E-state index contributed by atoms with van der Waals surface area (Å²) in [7, 11) is 2.64. The summed E-state index contributed by atoms with van der Waals surface area (Å²) in [5, 5.41) is 29.5. The van der Waals surface area contributed by atoms with Crippen molar-refractivity contribution in [2.24, 2.45) is 11.8 Å². The average molecular weight is 846 g/mol. The average Bonchev–Trinajstić information content (AvgIpc) is 3.96. The van der Waals surface area contributed by atoms with Crippen LogP contribution in [0.3, 0.4) is 0 Å².